The Bertz CT molecular complexity index is 326. The van der Waals surface area contributed by atoms with Gasteiger partial charge in [0.15, 0.2) is 5.11 Å². The van der Waals surface area contributed by atoms with Crippen molar-refractivity contribution in [3.63, 3.8) is 0 Å². The van der Waals surface area contributed by atoms with Gasteiger partial charge in [0.25, 0.3) is 0 Å². The van der Waals surface area contributed by atoms with Gasteiger partial charge in [0.1, 0.15) is 0 Å². The van der Waals surface area contributed by atoms with Crippen molar-refractivity contribution in [2.45, 2.75) is 13.0 Å². The van der Waals surface area contributed by atoms with Gasteiger partial charge < -0.3 is 15.4 Å². The second-order valence-corrected chi connectivity index (χ2v) is 3.81. The summed E-state index contributed by atoms with van der Waals surface area (Å²) in [6.45, 7) is 2.26. The van der Waals surface area contributed by atoms with Crippen LogP contribution in [0.5, 0.6) is 0 Å². The molecule has 0 bridgehead atoms. The Morgan fingerprint density at radius 3 is 3.00 bits per heavy atom. The fourth-order valence-electron chi connectivity index (χ4n) is 1.23. The van der Waals surface area contributed by atoms with E-state index in [9.17, 15) is 0 Å². The lowest BCUT2D eigenvalue weighted by Crippen LogP contribution is -2.36. The first-order chi connectivity index (χ1) is 7.74. The molecule has 5 nitrogen and oxygen atoms in total. The van der Waals surface area contributed by atoms with Gasteiger partial charge in [0, 0.05) is 33.5 Å². The maximum atomic E-state index is 5.13. The molecule has 90 valence electrons. The number of nitrogens with zero attached hydrogens (tertiary/aromatic N) is 2. The Labute approximate surface area is 101 Å². The monoisotopic (exact) mass is 242 g/mol. The van der Waals surface area contributed by atoms with Crippen LogP contribution in [0.2, 0.25) is 0 Å². The van der Waals surface area contributed by atoms with Gasteiger partial charge in [-0.25, -0.2) is 0 Å². The minimum absolute atomic E-state index is 0.664. The number of nitrogens with one attached hydrogen (secondary N) is 2. The van der Waals surface area contributed by atoms with Crippen LogP contribution in [-0.4, -0.2) is 35.2 Å². The summed E-state index contributed by atoms with van der Waals surface area (Å²) in [7, 11) is 3.60. The molecule has 1 aromatic heterocycles. The summed E-state index contributed by atoms with van der Waals surface area (Å²) in [5.41, 5.74) is 1.10. The Hall–Kier alpha value is -1.14. The highest BCUT2D eigenvalue weighted by Crippen LogP contribution is 1.94. The molecule has 1 rings (SSSR count). The zero-order valence-electron chi connectivity index (χ0n) is 9.69. The SMILES string of the molecule is COCCCNC(=S)NCc1ccnn1C. The fraction of sp³-hybridized carbons (Fsp3) is 0.600. The van der Waals surface area contributed by atoms with Gasteiger partial charge in [-0.1, -0.05) is 0 Å². The van der Waals surface area contributed by atoms with Gasteiger partial charge in [0.2, 0.25) is 0 Å². The van der Waals surface area contributed by atoms with Crippen molar-refractivity contribution in [3.8, 4) is 0 Å². The van der Waals surface area contributed by atoms with Gasteiger partial charge >= 0.3 is 0 Å². The number of hydrogen-bond acceptors (Lipinski definition) is 3. The number of aromatic nitrogens is 2. The number of ether oxygens (including phenoxy) is 1. The van der Waals surface area contributed by atoms with E-state index >= 15 is 0 Å². The van der Waals surface area contributed by atoms with E-state index in [1.807, 2.05) is 17.8 Å². The molecule has 0 radical (unpaired) electrons. The molecular formula is C10H18N4OS. The molecule has 1 aromatic rings. The van der Waals surface area contributed by atoms with Gasteiger partial charge in [-0.3, -0.25) is 4.68 Å². The normalized spacial score (nSPS) is 10.1. The lowest BCUT2D eigenvalue weighted by molar-refractivity contribution is 0.195. The summed E-state index contributed by atoms with van der Waals surface area (Å²) < 4.78 is 6.76. The maximum absolute atomic E-state index is 5.13. The van der Waals surface area contributed by atoms with Crippen molar-refractivity contribution < 1.29 is 4.74 Å². The number of thiocarbonyl (C=S) groups is 1. The van der Waals surface area contributed by atoms with E-state index in [-0.39, 0.29) is 0 Å². The van der Waals surface area contributed by atoms with Crippen molar-refractivity contribution in [1.29, 1.82) is 0 Å². The number of aryl methyl sites for hydroxylation is 1. The molecule has 0 aliphatic carbocycles. The number of methoxy groups -OCH3 is 1. The average molecular weight is 242 g/mol. The largest absolute Gasteiger partial charge is 0.385 e. The van der Waals surface area contributed by atoms with Crippen molar-refractivity contribution in [3.05, 3.63) is 18.0 Å². The molecule has 0 unspecified atom stereocenters. The third kappa shape index (κ3) is 4.59. The Kier molecular flexibility index (Phi) is 5.81. The second kappa shape index (κ2) is 7.19. The maximum Gasteiger partial charge on any atom is 0.166 e. The fourth-order valence-corrected chi connectivity index (χ4v) is 1.40. The molecule has 0 atom stereocenters. The molecule has 0 saturated heterocycles. The Morgan fingerprint density at radius 1 is 1.56 bits per heavy atom. The zero-order chi connectivity index (χ0) is 11.8. The molecular weight excluding hydrogens is 224 g/mol. The molecule has 0 spiro atoms. The lowest BCUT2D eigenvalue weighted by Gasteiger charge is -2.10. The molecule has 0 saturated carbocycles. The first-order valence-electron chi connectivity index (χ1n) is 5.21. The van der Waals surface area contributed by atoms with Crippen LogP contribution in [0.3, 0.4) is 0 Å². The van der Waals surface area contributed by atoms with Crippen LogP contribution in [0.15, 0.2) is 12.3 Å². The molecule has 0 aliphatic rings. The molecule has 0 aliphatic heterocycles. The van der Waals surface area contributed by atoms with Crippen LogP contribution in [0, 0.1) is 0 Å². The smallest absolute Gasteiger partial charge is 0.166 e. The quantitative estimate of drug-likeness (QED) is 0.559. The van der Waals surface area contributed by atoms with E-state index in [2.05, 4.69) is 15.7 Å². The minimum Gasteiger partial charge on any atom is -0.385 e. The predicted molar refractivity (Wildman–Crippen MR) is 67.1 cm³/mol. The van der Waals surface area contributed by atoms with E-state index in [0.717, 1.165) is 25.3 Å². The molecule has 0 amide bonds. The standard InChI is InChI=1S/C10H18N4OS/c1-14-9(4-6-13-14)8-12-10(16)11-5-3-7-15-2/h4,6H,3,5,7-8H2,1-2H3,(H2,11,12,16). The highest BCUT2D eigenvalue weighted by atomic mass is 32.1. The van der Waals surface area contributed by atoms with Crippen LogP contribution in [0.4, 0.5) is 0 Å². The van der Waals surface area contributed by atoms with E-state index in [4.69, 9.17) is 17.0 Å². The van der Waals surface area contributed by atoms with E-state index in [0.29, 0.717) is 11.7 Å². The Balaban J connectivity index is 2.13. The minimum atomic E-state index is 0.664. The molecule has 1 heterocycles. The second-order valence-electron chi connectivity index (χ2n) is 3.40. The summed E-state index contributed by atoms with van der Waals surface area (Å²) >= 11 is 5.13. The lowest BCUT2D eigenvalue weighted by atomic mass is 10.4. The molecule has 2 N–H and O–H groups in total. The van der Waals surface area contributed by atoms with Crippen molar-refractivity contribution in [1.82, 2.24) is 20.4 Å². The summed E-state index contributed by atoms with van der Waals surface area (Å²) in [5, 5.41) is 11.0. The first kappa shape index (κ1) is 12.9. The number of hydrogen-bond donors (Lipinski definition) is 2. The summed E-state index contributed by atoms with van der Waals surface area (Å²) in [6, 6.07) is 1.96. The molecule has 0 fully saturated rings. The van der Waals surface area contributed by atoms with Gasteiger partial charge in [-0.2, -0.15) is 5.10 Å². The molecule has 6 heteroatoms. The van der Waals surface area contributed by atoms with Crippen molar-refractivity contribution in [2.75, 3.05) is 20.3 Å². The average Bonchev–Trinajstić information content (AvgIpc) is 2.67. The van der Waals surface area contributed by atoms with E-state index in [1.54, 1.807) is 13.3 Å². The van der Waals surface area contributed by atoms with Gasteiger partial charge in [-0.05, 0) is 24.7 Å². The summed E-state index contributed by atoms with van der Waals surface area (Å²) in [6.07, 6.45) is 2.72. The Morgan fingerprint density at radius 2 is 2.38 bits per heavy atom. The topological polar surface area (TPSA) is 51.1 Å². The third-order valence-electron chi connectivity index (χ3n) is 2.16. The van der Waals surface area contributed by atoms with Crippen LogP contribution in [0.1, 0.15) is 12.1 Å². The summed E-state index contributed by atoms with van der Waals surface area (Å²) in [5.74, 6) is 0. The first-order valence-corrected chi connectivity index (χ1v) is 5.62. The zero-order valence-corrected chi connectivity index (χ0v) is 10.5. The summed E-state index contributed by atoms with van der Waals surface area (Å²) in [4.78, 5) is 0. The van der Waals surface area contributed by atoms with E-state index < -0.39 is 0 Å². The highest BCUT2D eigenvalue weighted by molar-refractivity contribution is 7.80. The van der Waals surface area contributed by atoms with Gasteiger partial charge in [0.05, 0.1) is 12.2 Å². The highest BCUT2D eigenvalue weighted by Gasteiger charge is 1.99. The molecule has 16 heavy (non-hydrogen) atoms. The van der Waals surface area contributed by atoms with Crippen molar-refractivity contribution in [2.24, 2.45) is 7.05 Å². The predicted octanol–water partition coefficient (Wildman–Crippen LogP) is 0.421. The van der Waals surface area contributed by atoms with Crippen LogP contribution < -0.4 is 10.6 Å². The molecule has 0 aromatic carbocycles. The number of rotatable bonds is 6. The van der Waals surface area contributed by atoms with Crippen LogP contribution in [0.25, 0.3) is 0 Å². The van der Waals surface area contributed by atoms with E-state index in [1.165, 1.54) is 0 Å². The van der Waals surface area contributed by atoms with Crippen LogP contribution in [-0.2, 0) is 18.3 Å². The van der Waals surface area contributed by atoms with Crippen LogP contribution >= 0.6 is 12.2 Å². The van der Waals surface area contributed by atoms with Crippen molar-refractivity contribution >= 4 is 17.3 Å². The third-order valence-corrected chi connectivity index (χ3v) is 2.45. The van der Waals surface area contributed by atoms with Gasteiger partial charge in [-0.15, -0.1) is 0 Å².